The average molecular weight is 330 g/mol. The molecule has 0 aromatic heterocycles. The summed E-state index contributed by atoms with van der Waals surface area (Å²) in [6, 6.07) is 14.7. The number of ether oxygens (including phenoxy) is 2. The lowest BCUT2D eigenvalue weighted by Crippen LogP contribution is -2.27. The van der Waals surface area contributed by atoms with Crippen LogP contribution < -0.4 is 15.4 Å². The van der Waals surface area contributed by atoms with Crippen molar-refractivity contribution in [1.29, 1.82) is 0 Å². The molecule has 5 nitrogen and oxygen atoms in total. The zero-order valence-electron chi connectivity index (χ0n) is 13.0. The highest BCUT2D eigenvalue weighted by molar-refractivity contribution is 7.80. The molecule has 120 valence electrons. The Morgan fingerprint density at radius 3 is 2.52 bits per heavy atom. The maximum absolute atomic E-state index is 11.4. The van der Waals surface area contributed by atoms with Crippen LogP contribution in [0.1, 0.15) is 15.9 Å². The Bertz CT molecular complexity index is 686. The Morgan fingerprint density at radius 2 is 1.87 bits per heavy atom. The minimum absolute atomic E-state index is 0.365. The van der Waals surface area contributed by atoms with E-state index in [-0.39, 0.29) is 5.97 Å². The minimum Gasteiger partial charge on any atom is -0.497 e. The molecule has 2 aromatic rings. The first-order valence-corrected chi connectivity index (χ1v) is 7.39. The van der Waals surface area contributed by atoms with E-state index >= 15 is 0 Å². The monoisotopic (exact) mass is 330 g/mol. The molecule has 2 aromatic carbocycles. The number of carbonyl (C=O) groups excluding carboxylic acids is 1. The molecule has 0 spiro atoms. The van der Waals surface area contributed by atoms with Crippen LogP contribution in [0.4, 0.5) is 5.69 Å². The van der Waals surface area contributed by atoms with Crippen molar-refractivity contribution in [3.05, 3.63) is 59.7 Å². The predicted molar refractivity (Wildman–Crippen MR) is 93.8 cm³/mol. The number of hydrogen-bond donors (Lipinski definition) is 2. The topological polar surface area (TPSA) is 59.6 Å². The van der Waals surface area contributed by atoms with Crippen LogP contribution in [0.3, 0.4) is 0 Å². The molecule has 0 atom stereocenters. The van der Waals surface area contributed by atoms with Crippen LogP contribution in [0.15, 0.2) is 48.5 Å². The summed E-state index contributed by atoms with van der Waals surface area (Å²) in [7, 11) is 2.99. The molecule has 0 aliphatic heterocycles. The van der Waals surface area contributed by atoms with Gasteiger partial charge in [0.05, 0.1) is 19.8 Å². The van der Waals surface area contributed by atoms with Crippen molar-refractivity contribution in [3.8, 4) is 5.75 Å². The maximum Gasteiger partial charge on any atom is 0.337 e. The molecule has 2 N–H and O–H groups in total. The van der Waals surface area contributed by atoms with Crippen molar-refractivity contribution in [1.82, 2.24) is 5.32 Å². The molecule has 0 radical (unpaired) electrons. The van der Waals surface area contributed by atoms with Crippen molar-refractivity contribution >= 4 is 29.0 Å². The minimum atomic E-state index is -0.365. The van der Waals surface area contributed by atoms with Crippen LogP contribution in [-0.2, 0) is 11.3 Å². The van der Waals surface area contributed by atoms with Gasteiger partial charge in [0.25, 0.3) is 0 Å². The fraction of sp³-hybridized carbons (Fsp3) is 0.176. The highest BCUT2D eigenvalue weighted by Gasteiger charge is 2.05. The van der Waals surface area contributed by atoms with Gasteiger partial charge in [-0.3, -0.25) is 0 Å². The molecule has 0 aliphatic carbocycles. The standard InChI is InChI=1S/C17H18N2O3S/c1-21-15-5-3-4-12(10-15)11-18-17(23)19-14-8-6-13(7-9-14)16(20)22-2/h3-10H,11H2,1-2H3,(H2,18,19,23). The molecule has 23 heavy (non-hydrogen) atoms. The summed E-state index contributed by atoms with van der Waals surface area (Å²) in [6.45, 7) is 0.587. The molecule has 6 heteroatoms. The van der Waals surface area contributed by atoms with Crippen molar-refractivity contribution in [2.75, 3.05) is 19.5 Å². The normalized spacial score (nSPS) is 9.83. The molecule has 0 aliphatic rings. The van der Waals surface area contributed by atoms with Crippen LogP contribution in [0.25, 0.3) is 0 Å². The van der Waals surface area contributed by atoms with Crippen molar-refractivity contribution in [3.63, 3.8) is 0 Å². The number of carbonyl (C=O) groups is 1. The average Bonchev–Trinajstić information content (AvgIpc) is 2.60. The van der Waals surface area contributed by atoms with Gasteiger partial charge < -0.3 is 20.1 Å². The predicted octanol–water partition coefficient (Wildman–Crippen LogP) is 2.97. The molecular weight excluding hydrogens is 312 g/mol. The molecule has 0 unspecified atom stereocenters. The summed E-state index contributed by atoms with van der Waals surface area (Å²) in [5, 5.41) is 6.68. The molecule has 0 amide bonds. The van der Waals surface area contributed by atoms with E-state index in [2.05, 4.69) is 15.4 Å². The van der Waals surface area contributed by atoms with E-state index in [1.54, 1.807) is 31.4 Å². The third-order valence-electron chi connectivity index (χ3n) is 3.15. The van der Waals surface area contributed by atoms with Gasteiger partial charge in [-0.15, -0.1) is 0 Å². The number of benzene rings is 2. The van der Waals surface area contributed by atoms with Gasteiger partial charge in [0.15, 0.2) is 5.11 Å². The van der Waals surface area contributed by atoms with Crippen LogP contribution >= 0.6 is 12.2 Å². The van der Waals surface area contributed by atoms with Gasteiger partial charge in [-0.2, -0.15) is 0 Å². The van der Waals surface area contributed by atoms with Crippen molar-refractivity contribution in [2.24, 2.45) is 0 Å². The highest BCUT2D eigenvalue weighted by Crippen LogP contribution is 2.13. The molecule has 0 fully saturated rings. The van der Waals surface area contributed by atoms with Crippen LogP contribution in [-0.4, -0.2) is 25.3 Å². The van der Waals surface area contributed by atoms with E-state index in [0.717, 1.165) is 17.0 Å². The first-order chi connectivity index (χ1) is 11.1. The van der Waals surface area contributed by atoms with Gasteiger partial charge in [-0.05, 0) is 54.2 Å². The smallest absolute Gasteiger partial charge is 0.337 e. The fourth-order valence-corrected chi connectivity index (χ4v) is 2.14. The van der Waals surface area contributed by atoms with Gasteiger partial charge in [0.1, 0.15) is 5.75 Å². The Kier molecular flexibility index (Phi) is 5.94. The zero-order chi connectivity index (χ0) is 16.7. The van der Waals surface area contributed by atoms with E-state index in [0.29, 0.717) is 17.2 Å². The Balaban J connectivity index is 1.88. The van der Waals surface area contributed by atoms with Crippen LogP contribution in [0.5, 0.6) is 5.75 Å². The lowest BCUT2D eigenvalue weighted by atomic mass is 10.2. The van der Waals surface area contributed by atoms with E-state index in [1.165, 1.54) is 7.11 Å². The number of nitrogens with one attached hydrogen (secondary N) is 2. The van der Waals surface area contributed by atoms with E-state index in [1.807, 2.05) is 24.3 Å². The Labute approximate surface area is 140 Å². The lowest BCUT2D eigenvalue weighted by molar-refractivity contribution is 0.0601. The maximum atomic E-state index is 11.4. The molecule has 2 rings (SSSR count). The first kappa shape index (κ1) is 16.8. The lowest BCUT2D eigenvalue weighted by Gasteiger charge is -2.11. The molecule has 0 bridgehead atoms. The van der Waals surface area contributed by atoms with E-state index < -0.39 is 0 Å². The van der Waals surface area contributed by atoms with Gasteiger partial charge in [0.2, 0.25) is 0 Å². The number of methoxy groups -OCH3 is 2. The second-order valence-corrected chi connectivity index (χ2v) is 5.14. The van der Waals surface area contributed by atoms with E-state index in [4.69, 9.17) is 17.0 Å². The van der Waals surface area contributed by atoms with Crippen LogP contribution in [0, 0.1) is 0 Å². The molecule has 0 saturated heterocycles. The third-order valence-corrected chi connectivity index (χ3v) is 3.40. The molecule has 0 saturated carbocycles. The van der Waals surface area contributed by atoms with E-state index in [9.17, 15) is 4.79 Å². The summed E-state index contributed by atoms with van der Waals surface area (Å²) in [5.74, 6) is 0.442. The van der Waals surface area contributed by atoms with Crippen molar-refractivity contribution in [2.45, 2.75) is 6.54 Å². The SMILES string of the molecule is COC(=O)c1ccc(NC(=S)NCc2cccc(OC)c2)cc1. The van der Waals surface area contributed by atoms with Crippen LogP contribution in [0.2, 0.25) is 0 Å². The number of thiocarbonyl (C=S) groups is 1. The fourth-order valence-electron chi connectivity index (χ4n) is 1.95. The first-order valence-electron chi connectivity index (χ1n) is 6.98. The van der Waals surface area contributed by atoms with Gasteiger partial charge in [0, 0.05) is 12.2 Å². The second-order valence-electron chi connectivity index (χ2n) is 4.73. The zero-order valence-corrected chi connectivity index (χ0v) is 13.8. The van der Waals surface area contributed by atoms with Gasteiger partial charge >= 0.3 is 5.97 Å². The molecule has 0 heterocycles. The molecular formula is C17H18N2O3S. The van der Waals surface area contributed by atoms with Gasteiger partial charge in [-0.25, -0.2) is 4.79 Å². The largest absolute Gasteiger partial charge is 0.497 e. The number of hydrogen-bond acceptors (Lipinski definition) is 4. The number of rotatable bonds is 5. The summed E-state index contributed by atoms with van der Waals surface area (Å²) < 4.78 is 9.84. The summed E-state index contributed by atoms with van der Waals surface area (Å²) in [4.78, 5) is 11.4. The second kappa shape index (κ2) is 8.14. The highest BCUT2D eigenvalue weighted by atomic mass is 32.1. The Hall–Kier alpha value is -2.60. The summed E-state index contributed by atoms with van der Waals surface area (Å²) in [6.07, 6.45) is 0. The summed E-state index contributed by atoms with van der Waals surface area (Å²) >= 11 is 5.26. The van der Waals surface area contributed by atoms with Crippen molar-refractivity contribution < 1.29 is 14.3 Å². The number of esters is 1. The third kappa shape index (κ3) is 4.96. The number of anilines is 1. The quantitative estimate of drug-likeness (QED) is 0.649. The summed E-state index contributed by atoms with van der Waals surface area (Å²) in [5.41, 5.74) is 2.35. The Morgan fingerprint density at radius 1 is 1.13 bits per heavy atom. The van der Waals surface area contributed by atoms with Gasteiger partial charge in [-0.1, -0.05) is 12.1 Å².